The number of nitriles is 1. The molecule has 3 heteroatoms. The molecule has 2 fully saturated rings. The third-order valence-electron chi connectivity index (χ3n) is 8.09. The van der Waals surface area contributed by atoms with E-state index in [1.807, 2.05) is 12.1 Å². The van der Waals surface area contributed by atoms with Crippen LogP contribution in [0.2, 0.25) is 0 Å². The molecule has 0 unspecified atom stereocenters. The third-order valence-corrected chi connectivity index (χ3v) is 8.09. The smallest absolute Gasteiger partial charge is 0.136 e. The summed E-state index contributed by atoms with van der Waals surface area (Å²) in [7, 11) is 1.68. The van der Waals surface area contributed by atoms with Crippen LogP contribution in [0.3, 0.4) is 0 Å². The van der Waals surface area contributed by atoms with E-state index in [1.54, 1.807) is 7.11 Å². The van der Waals surface area contributed by atoms with Gasteiger partial charge in [-0.05, 0) is 85.6 Å². The quantitative estimate of drug-likeness (QED) is 0.483. The predicted molar refractivity (Wildman–Crippen MR) is 128 cm³/mol. The molecule has 2 atom stereocenters. The minimum Gasteiger partial charge on any atom is -0.497 e. The van der Waals surface area contributed by atoms with Gasteiger partial charge >= 0.3 is 0 Å². The van der Waals surface area contributed by atoms with Crippen molar-refractivity contribution in [1.29, 1.82) is 5.26 Å². The zero-order chi connectivity index (χ0) is 22.6. The molecule has 2 aromatic rings. The summed E-state index contributed by atoms with van der Waals surface area (Å²) >= 11 is 0. The average molecular weight is 430 g/mol. The van der Waals surface area contributed by atoms with E-state index in [2.05, 4.69) is 49.4 Å². The maximum atomic E-state index is 12.6. The molecule has 0 saturated heterocycles. The zero-order valence-electron chi connectivity index (χ0n) is 19.5. The number of rotatable bonds is 6. The second kappa shape index (κ2) is 9.90. The molecule has 3 nitrogen and oxygen atoms in total. The van der Waals surface area contributed by atoms with Gasteiger partial charge in [0.1, 0.15) is 11.5 Å². The van der Waals surface area contributed by atoms with E-state index in [0.29, 0.717) is 18.1 Å². The second-order valence-corrected chi connectivity index (χ2v) is 9.82. The molecule has 168 valence electrons. The van der Waals surface area contributed by atoms with Gasteiger partial charge < -0.3 is 4.74 Å². The van der Waals surface area contributed by atoms with Gasteiger partial charge in [-0.25, -0.2) is 0 Å². The summed E-state index contributed by atoms with van der Waals surface area (Å²) in [5.74, 6) is 2.29. The number of nitrogens with zero attached hydrogens (tertiary/aromatic N) is 1. The number of ketones is 1. The van der Waals surface area contributed by atoms with Crippen molar-refractivity contribution in [3.05, 3.63) is 54.1 Å². The van der Waals surface area contributed by atoms with Crippen LogP contribution in [-0.4, -0.2) is 12.9 Å². The highest BCUT2D eigenvalue weighted by Crippen LogP contribution is 2.51. The fourth-order valence-corrected chi connectivity index (χ4v) is 6.01. The lowest BCUT2D eigenvalue weighted by Gasteiger charge is -2.43. The van der Waals surface area contributed by atoms with Gasteiger partial charge in [-0.15, -0.1) is 0 Å². The topological polar surface area (TPSA) is 50.1 Å². The summed E-state index contributed by atoms with van der Waals surface area (Å²) in [6.45, 7) is 2.15. The first kappa shape index (κ1) is 22.6. The fourth-order valence-electron chi connectivity index (χ4n) is 6.01. The lowest BCUT2D eigenvalue weighted by molar-refractivity contribution is -0.128. The molecular formula is C29H35NO2. The minimum atomic E-state index is -0.299. The van der Waals surface area contributed by atoms with E-state index in [1.165, 1.54) is 16.7 Å². The highest BCUT2D eigenvalue weighted by Gasteiger charge is 2.45. The number of Topliss-reactive ketones (excluding diaryl/α,β-unsaturated/α-hetero) is 1. The van der Waals surface area contributed by atoms with Crippen LogP contribution in [0.4, 0.5) is 0 Å². The van der Waals surface area contributed by atoms with Crippen LogP contribution in [0.25, 0.3) is 11.1 Å². The van der Waals surface area contributed by atoms with E-state index >= 15 is 0 Å². The molecule has 0 amide bonds. The maximum Gasteiger partial charge on any atom is 0.136 e. The predicted octanol–water partition coefficient (Wildman–Crippen LogP) is 7.32. The fraction of sp³-hybridized carbons (Fsp3) is 0.517. The highest BCUT2D eigenvalue weighted by atomic mass is 16.5. The molecule has 0 spiro atoms. The number of ether oxygens (including phenoxy) is 1. The van der Waals surface area contributed by atoms with Crippen molar-refractivity contribution in [2.45, 2.75) is 70.6 Å². The summed E-state index contributed by atoms with van der Waals surface area (Å²) < 4.78 is 5.25. The number of carbonyl (C=O) groups is 1. The third kappa shape index (κ3) is 4.60. The summed E-state index contributed by atoms with van der Waals surface area (Å²) in [5, 5.41) is 10.1. The largest absolute Gasteiger partial charge is 0.497 e. The van der Waals surface area contributed by atoms with Crippen LogP contribution in [0, 0.1) is 28.6 Å². The molecule has 0 bridgehead atoms. The Labute approximate surface area is 192 Å². The Morgan fingerprint density at radius 2 is 1.59 bits per heavy atom. The van der Waals surface area contributed by atoms with Crippen molar-refractivity contribution >= 4 is 5.78 Å². The average Bonchev–Trinajstić information content (AvgIpc) is 2.85. The number of hydrogen-bond acceptors (Lipinski definition) is 3. The standard InChI is InChI=1S/C29H35NO2/c1-3-4-25-9-12-26(19-28(25)31)29(20-30)17-15-24(16-18-29)22-7-5-21(6-8-22)23-10-13-27(32-2)14-11-23/h5-8,10-11,13-14,24-26H,3-4,9,12,15-19H2,1-2H3/t24-,25-,26-,29+/m1/s1. The molecule has 0 heterocycles. The van der Waals surface area contributed by atoms with Gasteiger partial charge in [0, 0.05) is 12.3 Å². The Kier molecular flexibility index (Phi) is 6.99. The van der Waals surface area contributed by atoms with E-state index in [9.17, 15) is 10.1 Å². The van der Waals surface area contributed by atoms with Gasteiger partial charge in [0.25, 0.3) is 0 Å². The lowest BCUT2D eigenvalue weighted by atomic mass is 9.59. The van der Waals surface area contributed by atoms with Gasteiger partial charge in [-0.3, -0.25) is 4.79 Å². The summed E-state index contributed by atoms with van der Waals surface area (Å²) in [6.07, 6.45) is 8.66. The first-order valence-electron chi connectivity index (χ1n) is 12.3. The molecule has 0 aliphatic heterocycles. The SMILES string of the molecule is CCC[C@@H]1CC[C@@H]([C@]2(C#N)CC[C@H](c3ccc(-c4ccc(OC)cc4)cc3)CC2)CC1=O. The molecule has 0 radical (unpaired) electrons. The van der Waals surface area contributed by atoms with Crippen molar-refractivity contribution in [2.75, 3.05) is 7.11 Å². The van der Waals surface area contributed by atoms with Gasteiger partial charge in [0.15, 0.2) is 0 Å². The highest BCUT2D eigenvalue weighted by molar-refractivity contribution is 5.82. The summed E-state index contributed by atoms with van der Waals surface area (Å²) in [4.78, 5) is 12.6. The van der Waals surface area contributed by atoms with Crippen molar-refractivity contribution in [3.63, 3.8) is 0 Å². The number of hydrogen-bond donors (Lipinski definition) is 0. The van der Waals surface area contributed by atoms with Gasteiger partial charge in [0.2, 0.25) is 0 Å². The number of benzene rings is 2. The normalized spacial score (nSPS) is 28.2. The van der Waals surface area contributed by atoms with Crippen LogP contribution in [0.1, 0.15) is 76.2 Å². The first-order valence-corrected chi connectivity index (χ1v) is 12.3. The molecule has 2 aromatic carbocycles. The second-order valence-electron chi connectivity index (χ2n) is 9.82. The van der Waals surface area contributed by atoms with E-state index in [0.717, 1.165) is 57.1 Å². The molecular weight excluding hydrogens is 394 g/mol. The van der Waals surface area contributed by atoms with E-state index < -0.39 is 0 Å². The van der Waals surface area contributed by atoms with Crippen LogP contribution < -0.4 is 4.74 Å². The van der Waals surface area contributed by atoms with Crippen molar-refractivity contribution < 1.29 is 9.53 Å². The van der Waals surface area contributed by atoms with Gasteiger partial charge in [0.05, 0.1) is 18.6 Å². The molecule has 0 N–H and O–H groups in total. The summed E-state index contributed by atoms with van der Waals surface area (Å²) in [5.41, 5.74) is 3.47. The molecule has 2 aliphatic rings. The Balaban J connectivity index is 1.39. The van der Waals surface area contributed by atoms with E-state index in [-0.39, 0.29) is 17.3 Å². The summed E-state index contributed by atoms with van der Waals surface area (Å²) in [6, 6.07) is 19.8. The van der Waals surface area contributed by atoms with Crippen molar-refractivity contribution in [3.8, 4) is 22.9 Å². The number of carbonyl (C=O) groups excluding carboxylic acids is 1. The van der Waals surface area contributed by atoms with Crippen LogP contribution in [0.5, 0.6) is 5.75 Å². The monoisotopic (exact) mass is 429 g/mol. The maximum absolute atomic E-state index is 12.6. The van der Waals surface area contributed by atoms with E-state index in [4.69, 9.17) is 4.74 Å². The van der Waals surface area contributed by atoms with Crippen LogP contribution in [-0.2, 0) is 4.79 Å². The molecule has 0 aromatic heterocycles. The Morgan fingerprint density at radius 3 is 2.12 bits per heavy atom. The molecule has 4 rings (SSSR count). The van der Waals surface area contributed by atoms with Crippen LogP contribution in [0.15, 0.2) is 48.5 Å². The molecule has 32 heavy (non-hydrogen) atoms. The van der Waals surface area contributed by atoms with Crippen molar-refractivity contribution in [1.82, 2.24) is 0 Å². The zero-order valence-corrected chi connectivity index (χ0v) is 19.5. The molecule has 2 saturated carbocycles. The Bertz CT molecular complexity index is 946. The number of methoxy groups -OCH3 is 1. The Morgan fingerprint density at radius 1 is 0.969 bits per heavy atom. The van der Waals surface area contributed by atoms with Crippen LogP contribution >= 0.6 is 0 Å². The Hall–Kier alpha value is -2.60. The first-order chi connectivity index (χ1) is 15.6. The molecule has 2 aliphatic carbocycles. The van der Waals surface area contributed by atoms with Crippen molar-refractivity contribution in [2.24, 2.45) is 17.3 Å². The lowest BCUT2D eigenvalue weighted by Crippen LogP contribution is -2.38. The van der Waals surface area contributed by atoms with Gasteiger partial charge in [-0.2, -0.15) is 5.26 Å². The minimum absolute atomic E-state index is 0.243. The van der Waals surface area contributed by atoms with Gasteiger partial charge in [-0.1, -0.05) is 49.7 Å².